The molecule has 1 aromatic rings. The molecule has 2 amide bonds. The lowest BCUT2D eigenvalue weighted by Crippen LogP contribution is -2.53. The highest BCUT2D eigenvalue weighted by Crippen LogP contribution is 2.34. The molecule has 0 aromatic heterocycles. The van der Waals surface area contributed by atoms with Gasteiger partial charge in [0, 0.05) is 50.0 Å². The summed E-state index contributed by atoms with van der Waals surface area (Å²) in [6.45, 7) is 15.1. The van der Waals surface area contributed by atoms with Crippen LogP contribution in [0.25, 0.3) is 0 Å². The standard InChI is InChI=1S/C28H42N4O4S/c1-18(2)30-11-13-31(14-12-30)20-9-7-19(8-10-20)26(34)29-21(15-28(3,4)5)27(35)32-16-23(37-6)25-24(32)22(33)17-36-25/h7-10,18,21,23-25H,11-17H2,1-6H3,(H,29,34)/t21-,23-,24+,25+/m0/s1. The molecule has 9 heteroatoms. The normalized spacial score (nSPS) is 25.5. The van der Waals surface area contributed by atoms with Crippen LogP contribution in [0.4, 0.5) is 5.69 Å². The van der Waals surface area contributed by atoms with Gasteiger partial charge in [-0.1, -0.05) is 20.8 Å². The molecule has 0 aliphatic carbocycles. The molecule has 4 rings (SSSR count). The van der Waals surface area contributed by atoms with E-state index < -0.39 is 12.1 Å². The molecule has 1 aromatic carbocycles. The van der Waals surface area contributed by atoms with E-state index in [0.717, 1.165) is 31.9 Å². The number of amides is 2. The second-order valence-corrected chi connectivity index (χ2v) is 13.0. The van der Waals surface area contributed by atoms with Crippen LogP contribution < -0.4 is 10.2 Å². The predicted molar refractivity (Wildman–Crippen MR) is 148 cm³/mol. The molecule has 3 heterocycles. The first kappa shape index (κ1) is 27.9. The van der Waals surface area contributed by atoms with Gasteiger partial charge in [-0.3, -0.25) is 19.3 Å². The fourth-order valence-corrected chi connectivity index (χ4v) is 6.43. The molecule has 1 N–H and O–H groups in total. The van der Waals surface area contributed by atoms with Gasteiger partial charge in [0.25, 0.3) is 5.91 Å². The maximum atomic E-state index is 13.8. The molecule has 3 saturated heterocycles. The minimum absolute atomic E-state index is 0.0470. The summed E-state index contributed by atoms with van der Waals surface area (Å²) in [6.07, 6.45) is 2.18. The maximum absolute atomic E-state index is 13.8. The number of likely N-dealkylation sites (tertiary alicyclic amines) is 1. The molecule has 8 nitrogen and oxygen atoms in total. The average Bonchev–Trinajstić information content (AvgIpc) is 3.42. The van der Waals surface area contributed by atoms with Crippen molar-refractivity contribution in [1.82, 2.24) is 15.1 Å². The van der Waals surface area contributed by atoms with E-state index in [-0.39, 0.29) is 41.0 Å². The summed E-state index contributed by atoms with van der Waals surface area (Å²) >= 11 is 1.62. The van der Waals surface area contributed by atoms with Gasteiger partial charge >= 0.3 is 0 Å². The smallest absolute Gasteiger partial charge is 0.251 e. The fourth-order valence-electron chi connectivity index (χ4n) is 5.62. The highest BCUT2D eigenvalue weighted by molar-refractivity contribution is 7.99. The van der Waals surface area contributed by atoms with E-state index in [2.05, 4.69) is 49.7 Å². The number of ketones is 1. The van der Waals surface area contributed by atoms with E-state index >= 15 is 0 Å². The van der Waals surface area contributed by atoms with E-state index in [4.69, 9.17) is 4.74 Å². The summed E-state index contributed by atoms with van der Waals surface area (Å²) in [5.41, 5.74) is 1.44. The van der Waals surface area contributed by atoms with Crippen molar-refractivity contribution in [3.63, 3.8) is 0 Å². The maximum Gasteiger partial charge on any atom is 0.251 e. The van der Waals surface area contributed by atoms with Gasteiger partial charge in [-0.05, 0) is 56.2 Å². The Hall–Kier alpha value is -2.10. The molecule has 3 fully saturated rings. The lowest BCUT2D eigenvalue weighted by atomic mass is 9.87. The zero-order valence-electron chi connectivity index (χ0n) is 23.0. The van der Waals surface area contributed by atoms with Gasteiger partial charge in [0.2, 0.25) is 5.91 Å². The number of anilines is 1. The zero-order chi connectivity index (χ0) is 26.9. The molecule has 37 heavy (non-hydrogen) atoms. The molecular weight excluding hydrogens is 488 g/mol. The number of rotatable bonds is 7. The van der Waals surface area contributed by atoms with Gasteiger partial charge in [0.15, 0.2) is 5.78 Å². The Morgan fingerprint density at radius 3 is 2.32 bits per heavy atom. The zero-order valence-corrected chi connectivity index (χ0v) is 23.8. The largest absolute Gasteiger partial charge is 0.369 e. The fraction of sp³-hybridized carbons (Fsp3) is 0.679. The minimum Gasteiger partial charge on any atom is -0.369 e. The van der Waals surface area contributed by atoms with Crippen molar-refractivity contribution >= 4 is 35.0 Å². The first-order chi connectivity index (χ1) is 17.5. The SMILES string of the molecule is CS[C@H]1CN(C(=O)[C@H](CC(C)(C)C)NC(=O)c2ccc(N3CCN(C(C)C)CC3)cc2)[C@@H]2C(=O)CO[C@H]12. The first-order valence-electron chi connectivity index (χ1n) is 13.4. The first-order valence-corrected chi connectivity index (χ1v) is 14.6. The molecule has 3 aliphatic rings. The van der Waals surface area contributed by atoms with Crippen LogP contribution in [0.2, 0.25) is 0 Å². The van der Waals surface area contributed by atoms with Crippen molar-refractivity contribution in [3.8, 4) is 0 Å². The number of thioether (sulfide) groups is 1. The van der Waals surface area contributed by atoms with Gasteiger partial charge in [0.05, 0.1) is 11.4 Å². The number of Topliss-reactive ketones (excluding diaryl/α,β-unsaturated/α-hetero) is 1. The summed E-state index contributed by atoms with van der Waals surface area (Å²) < 4.78 is 5.72. The third-order valence-electron chi connectivity index (χ3n) is 7.68. The average molecular weight is 531 g/mol. The number of carbonyl (C=O) groups excluding carboxylic acids is 3. The quantitative estimate of drug-likeness (QED) is 0.580. The van der Waals surface area contributed by atoms with Crippen molar-refractivity contribution in [1.29, 1.82) is 0 Å². The predicted octanol–water partition coefficient (Wildman–Crippen LogP) is 2.66. The Kier molecular flexibility index (Phi) is 8.55. The number of benzene rings is 1. The van der Waals surface area contributed by atoms with Gasteiger partial charge < -0.3 is 19.9 Å². The van der Waals surface area contributed by atoms with Crippen LogP contribution >= 0.6 is 11.8 Å². The van der Waals surface area contributed by atoms with Gasteiger partial charge in [-0.25, -0.2) is 0 Å². The third-order valence-corrected chi connectivity index (χ3v) is 8.71. The molecular formula is C28H42N4O4S. The number of piperazine rings is 1. The van der Waals surface area contributed by atoms with Gasteiger partial charge in [-0.2, -0.15) is 11.8 Å². The highest BCUT2D eigenvalue weighted by atomic mass is 32.2. The molecule has 204 valence electrons. The Labute approximate surface area is 225 Å². The second kappa shape index (κ2) is 11.3. The van der Waals surface area contributed by atoms with E-state index in [9.17, 15) is 14.4 Å². The van der Waals surface area contributed by atoms with Crippen molar-refractivity contribution < 1.29 is 19.1 Å². The number of fused-ring (bicyclic) bond motifs is 1. The monoisotopic (exact) mass is 530 g/mol. The molecule has 0 unspecified atom stereocenters. The summed E-state index contributed by atoms with van der Waals surface area (Å²) in [7, 11) is 0. The van der Waals surface area contributed by atoms with Crippen molar-refractivity contribution in [2.75, 3.05) is 50.5 Å². The number of ether oxygens (including phenoxy) is 1. The molecule has 4 atom stereocenters. The molecule has 0 bridgehead atoms. The van der Waals surface area contributed by atoms with Crippen LogP contribution in [0.15, 0.2) is 24.3 Å². The number of nitrogens with one attached hydrogen (secondary N) is 1. The van der Waals surface area contributed by atoms with E-state index in [0.29, 0.717) is 24.6 Å². The summed E-state index contributed by atoms with van der Waals surface area (Å²) in [4.78, 5) is 46.1. The van der Waals surface area contributed by atoms with Crippen molar-refractivity contribution in [3.05, 3.63) is 29.8 Å². The topological polar surface area (TPSA) is 82.2 Å². The van der Waals surface area contributed by atoms with E-state index in [1.54, 1.807) is 16.7 Å². The van der Waals surface area contributed by atoms with Gasteiger partial charge in [0.1, 0.15) is 18.7 Å². The lowest BCUT2D eigenvalue weighted by Gasteiger charge is -2.38. The Morgan fingerprint density at radius 1 is 1.11 bits per heavy atom. The second-order valence-electron chi connectivity index (χ2n) is 11.9. The summed E-state index contributed by atoms with van der Waals surface area (Å²) in [5.74, 6) is -0.529. The van der Waals surface area contributed by atoms with Crippen molar-refractivity contribution in [2.45, 2.75) is 70.5 Å². The molecule has 0 saturated carbocycles. The van der Waals surface area contributed by atoms with Crippen LogP contribution in [-0.4, -0.2) is 102 Å². The Balaban J connectivity index is 1.45. The highest BCUT2D eigenvalue weighted by Gasteiger charge is 2.53. The van der Waals surface area contributed by atoms with E-state index in [1.807, 2.05) is 30.5 Å². The molecule has 3 aliphatic heterocycles. The Bertz CT molecular complexity index is 985. The van der Waals surface area contributed by atoms with Crippen LogP contribution in [-0.2, 0) is 14.3 Å². The lowest BCUT2D eigenvalue weighted by molar-refractivity contribution is -0.138. The summed E-state index contributed by atoms with van der Waals surface area (Å²) in [5, 5.41) is 3.06. The number of hydrogen-bond acceptors (Lipinski definition) is 7. The summed E-state index contributed by atoms with van der Waals surface area (Å²) in [6, 6.07) is 6.93. The minimum atomic E-state index is -0.717. The number of hydrogen-bond donors (Lipinski definition) is 1. The van der Waals surface area contributed by atoms with Crippen LogP contribution in [0, 0.1) is 5.41 Å². The van der Waals surface area contributed by atoms with Crippen molar-refractivity contribution in [2.24, 2.45) is 5.41 Å². The Morgan fingerprint density at radius 2 is 1.76 bits per heavy atom. The number of carbonyl (C=O) groups is 3. The van der Waals surface area contributed by atoms with Crippen LogP contribution in [0.5, 0.6) is 0 Å². The third kappa shape index (κ3) is 6.32. The van der Waals surface area contributed by atoms with Gasteiger partial charge in [-0.15, -0.1) is 0 Å². The van der Waals surface area contributed by atoms with Crippen LogP contribution in [0.3, 0.4) is 0 Å². The van der Waals surface area contributed by atoms with E-state index in [1.165, 1.54) is 0 Å². The molecule has 0 spiro atoms. The van der Waals surface area contributed by atoms with Crippen LogP contribution in [0.1, 0.15) is 51.4 Å². The molecule has 0 radical (unpaired) electrons. The number of nitrogens with zero attached hydrogens (tertiary/aromatic N) is 3.